The summed E-state index contributed by atoms with van der Waals surface area (Å²) >= 11 is 0. The summed E-state index contributed by atoms with van der Waals surface area (Å²) < 4.78 is 17.3. The van der Waals surface area contributed by atoms with Crippen LogP contribution in [0.15, 0.2) is 42.5 Å². The highest BCUT2D eigenvalue weighted by molar-refractivity contribution is 5.81. The molecule has 0 radical (unpaired) electrons. The van der Waals surface area contributed by atoms with E-state index >= 15 is 0 Å². The standard InChI is InChI=1S/C24H33NO4/c1-7-27-22-14-13-19(15-23(22)28-8-2)17(5)25-24(26)18(6)29-21-12-10-9-11-20(21)16(3)4/h9-18H,7-8H2,1-6H3,(H,25,26)/t17-,18+/m1/s1. The van der Waals surface area contributed by atoms with Gasteiger partial charge in [-0.1, -0.05) is 38.1 Å². The first-order chi connectivity index (χ1) is 13.9. The molecule has 0 spiro atoms. The highest BCUT2D eigenvalue weighted by Crippen LogP contribution is 2.31. The monoisotopic (exact) mass is 399 g/mol. The van der Waals surface area contributed by atoms with Crippen molar-refractivity contribution >= 4 is 5.91 Å². The molecule has 0 heterocycles. The number of carbonyl (C=O) groups is 1. The van der Waals surface area contributed by atoms with Crippen LogP contribution < -0.4 is 19.5 Å². The van der Waals surface area contributed by atoms with Gasteiger partial charge in [0.15, 0.2) is 17.6 Å². The van der Waals surface area contributed by atoms with E-state index in [1.54, 1.807) is 6.92 Å². The summed E-state index contributed by atoms with van der Waals surface area (Å²) in [6.07, 6.45) is -0.605. The van der Waals surface area contributed by atoms with Gasteiger partial charge in [-0.3, -0.25) is 4.79 Å². The van der Waals surface area contributed by atoms with E-state index in [1.165, 1.54) is 0 Å². The Morgan fingerprint density at radius 3 is 2.21 bits per heavy atom. The van der Waals surface area contributed by atoms with Gasteiger partial charge in [0, 0.05) is 0 Å². The summed E-state index contributed by atoms with van der Waals surface area (Å²) in [4.78, 5) is 12.7. The van der Waals surface area contributed by atoms with Gasteiger partial charge in [0.05, 0.1) is 19.3 Å². The number of rotatable bonds is 10. The minimum Gasteiger partial charge on any atom is -0.490 e. The molecular weight excluding hydrogens is 366 g/mol. The Kier molecular flexibility index (Phi) is 8.37. The Balaban J connectivity index is 2.07. The molecule has 2 aromatic carbocycles. The Labute approximate surface area is 174 Å². The zero-order valence-corrected chi connectivity index (χ0v) is 18.3. The molecule has 0 bridgehead atoms. The first-order valence-electron chi connectivity index (χ1n) is 10.3. The van der Waals surface area contributed by atoms with Crippen LogP contribution in [0.4, 0.5) is 0 Å². The van der Waals surface area contributed by atoms with Gasteiger partial charge in [-0.2, -0.15) is 0 Å². The maximum absolute atomic E-state index is 12.7. The van der Waals surface area contributed by atoms with Crippen molar-refractivity contribution in [2.24, 2.45) is 0 Å². The summed E-state index contributed by atoms with van der Waals surface area (Å²) in [5, 5.41) is 3.03. The first kappa shape index (κ1) is 22.6. The minimum absolute atomic E-state index is 0.164. The Bertz CT molecular complexity index is 803. The molecule has 2 rings (SSSR count). The van der Waals surface area contributed by atoms with Crippen LogP contribution in [0.25, 0.3) is 0 Å². The van der Waals surface area contributed by atoms with Crippen molar-refractivity contribution in [2.75, 3.05) is 13.2 Å². The molecule has 2 aromatic rings. The molecular formula is C24H33NO4. The number of benzene rings is 2. The Morgan fingerprint density at radius 2 is 1.55 bits per heavy atom. The number of para-hydroxylation sites is 1. The number of nitrogens with one attached hydrogen (secondary N) is 1. The molecule has 5 nitrogen and oxygen atoms in total. The molecule has 1 amide bonds. The molecule has 0 aliphatic heterocycles. The van der Waals surface area contributed by atoms with Crippen LogP contribution in [0.2, 0.25) is 0 Å². The SMILES string of the molecule is CCOc1ccc([C@@H](C)NC(=O)[C@H](C)Oc2ccccc2C(C)C)cc1OCC. The highest BCUT2D eigenvalue weighted by atomic mass is 16.5. The number of hydrogen-bond donors (Lipinski definition) is 1. The van der Waals surface area contributed by atoms with Crippen molar-refractivity contribution in [3.63, 3.8) is 0 Å². The summed E-state index contributed by atoms with van der Waals surface area (Å²) in [6.45, 7) is 12.9. The van der Waals surface area contributed by atoms with Crippen molar-refractivity contribution in [2.45, 2.75) is 59.6 Å². The van der Waals surface area contributed by atoms with Crippen molar-refractivity contribution in [3.05, 3.63) is 53.6 Å². The predicted molar refractivity (Wildman–Crippen MR) is 116 cm³/mol. The Morgan fingerprint density at radius 1 is 0.897 bits per heavy atom. The van der Waals surface area contributed by atoms with Gasteiger partial charge < -0.3 is 19.5 Å². The van der Waals surface area contributed by atoms with Gasteiger partial charge in [-0.15, -0.1) is 0 Å². The molecule has 158 valence electrons. The largest absolute Gasteiger partial charge is 0.490 e. The van der Waals surface area contributed by atoms with Crippen LogP contribution in [-0.2, 0) is 4.79 Å². The fraction of sp³-hybridized carbons (Fsp3) is 0.458. The van der Waals surface area contributed by atoms with E-state index in [2.05, 4.69) is 19.2 Å². The lowest BCUT2D eigenvalue weighted by Crippen LogP contribution is -2.38. The third-order valence-corrected chi connectivity index (χ3v) is 4.64. The van der Waals surface area contributed by atoms with E-state index in [4.69, 9.17) is 14.2 Å². The van der Waals surface area contributed by atoms with Crippen LogP contribution in [0.1, 0.15) is 64.6 Å². The maximum Gasteiger partial charge on any atom is 0.261 e. The first-order valence-corrected chi connectivity index (χ1v) is 10.3. The van der Waals surface area contributed by atoms with Crippen LogP contribution in [0.3, 0.4) is 0 Å². The van der Waals surface area contributed by atoms with E-state index in [9.17, 15) is 4.79 Å². The zero-order chi connectivity index (χ0) is 21.4. The number of hydrogen-bond acceptors (Lipinski definition) is 4. The molecule has 0 aliphatic carbocycles. The molecule has 0 saturated carbocycles. The molecule has 0 unspecified atom stereocenters. The van der Waals surface area contributed by atoms with E-state index in [1.807, 2.05) is 63.2 Å². The fourth-order valence-electron chi connectivity index (χ4n) is 3.06. The van der Waals surface area contributed by atoms with Crippen LogP contribution in [0, 0.1) is 0 Å². The topological polar surface area (TPSA) is 56.8 Å². The van der Waals surface area contributed by atoms with Gasteiger partial charge in [-0.05, 0) is 62.9 Å². The summed E-state index contributed by atoms with van der Waals surface area (Å²) in [5.74, 6) is 2.29. The lowest BCUT2D eigenvalue weighted by Gasteiger charge is -2.22. The maximum atomic E-state index is 12.7. The zero-order valence-electron chi connectivity index (χ0n) is 18.3. The molecule has 0 saturated heterocycles. The van der Waals surface area contributed by atoms with E-state index in [0.717, 1.165) is 16.9 Å². The Hall–Kier alpha value is -2.69. The molecule has 2 atom stereocenters. The second-order valence-corrected chi connectivity index (χ2v) is 7.26. The molecule has 0 fully saturated rings. The number of ether oxygens (including phenoxy) is 3. The van der Waals surface area contributed by atoms with Crippen molar-refractivity contribution in [1.82, 2.24) is 5.32 Å². The number of amides is 1. The lowest BCUT2D eigenvalue weighted by atomic mass is 10.0. The second kappa shape index (κ2) is 10.7. The van der Waals surface area contributed by atoms with Crippen LogP contribution >= 0.6 is 0 Å². The predicted octanol–water partition coefficient (Wildman–Crippen LogP) is 5.25. The van der Waals surface area contributed by atoms with E-state index in [0.29, 0.717) is 30.6 Å². The van der Waals surface area contributed by atoms with Crippen molar-refractivity contribution < 1.29 is 19.0 Å². The van der Waals surface area contributed by atoms with Gasteiger partial charge in [0.2, 0.25) is 0 Å². The lowest BCUT2D eigenvalue weighted by molar-refractivity contribution is -0.127. The van der Waals surface area contributed by atoms with Gasteiger partial charge in [0.25, 0.3) is 5.91 Å². The van der Waals surface area contributed by atoms with Gasteiger partial charge in [0.1, 0.15) is 5.75 Å². The molecule has 5 heteroatoms. The smallest absolute Gasteiger partial charge is 0.261 e. The summed E-state index contributed by atoms with van der Waals surface area (Å²) in [7, 11) is 0. The van der Waals surface area contributed by atoms with Gasteiger partial charge in [-0.25, -0.2) is 0 Å². The van der Waals surface area contributed by atoms with E-state index in [-0.39, 0.29) is 11.9 Å². The third-order valence-electron chi connectivity index (χ3n) is 4.64. The molecule has 29 heavy (non-hydrogen) atoms. The van der Waals surface area contributed by atoms with E-state index < -0.39 is 6.10 Å². The van der Waals surface area contributed by atoms with Crippen molar-refractivity contribution in [1.29, 1.82) is 0 Å². The fourth-order valence-corrected chi connectivity index (χ4v) is 3.06. The summed E-state index contributed by atoms with van der Waals surface area (Å²) in [6, 6.07) is 13.4. The molecule has 0 aromatic heterocycles. The summed E-state index contributed by atoms with van der Waals surface area (Å²) in [5.41, 5.74) is 2.04. The molecule has 1 N–H and O–H groups in total. The third kappa shape index (κ3) is 6.14. The van der Waals surface area contributed by atoms with Crippen LogP contribution in [-0.4, -0.2) is 25.2 Å². The minimum atomic E-state index is -0.605. The highest BCUT2D eigenvalue weighted by Gasteiger charge is 2.20. The quantitative estimate of drug-likeness (QED) is 0.593. The van der Waals surface area contributed by atoms with Crippen molar-refractivity contribution in [3.8, 4) is 17.2 Å². The average molecular weight is 400 g/mol. The van der Waals surface area contributed by atoms with Gasteiger partial charge >= 0.3 is 0 Å². The average Bonchev–Trinajstić information content (AvgIpc) is 2.69. The normalized spacial score (nSPS) is 12.9. The second-order valence-electron chi connectivity index (χ2n) is 7.26. The number of carbonyl (C=O) groups excluding carboxylic acids is 1. The molecule has 0 aliphatic rings. The van der Waals surface area contributed by atoms with Crippen LogP contribution in [0.5, 0.6) is 17.2 Å².